The number of fused-ring (bicyclic) bond motifs is 1. The molecule has 28 heavy (non-hydrogen) atoms. The van der Waals surface area contributed by atoms with Crippen LogP contribution in [0.3, 0.4) is 0 Å². The number of halogens is 3. The molecule has 0 saturated carbocycles. The van der Waals surface area contributed by atoms with Crippen molar-refractivity contribution in [2.75, 3.05) is 18.4 Å². The van der Waals surface area contributed by atoms with Crippen LogP contribution in [0.5, 0.6) is 0 Å². The van der Waals surface area contributed by atoms with Gasteiger partial charge >= 0.3 is 6.18 Å². The van der Waals surface area contributed by atoms with Crippen molar-refractivity contribution in [2.45, 2.75) is 31.6 Å². The Balaban J connectivity index is 1.45. The lowest BCUT2D eigenvalue weighted by Crippen LogP contribution is -2.42. The second kappa shape index (κ2) is 7.43. The molecule has 1 aromatic carbocycles. The Bertz CT molecular complexity index is 966. The van der Waals surface area contributed by atoms with Gasteiger partial charge in [0.05, 0.1) is 0 Å². The molecule has 0 amide bonds. The second-order valence-electron chi connectivity index (χ2n) is 7.26. The Labute approximate surface area is 161 Å². The first kappa shape index (κ1) is 18.7. The average Bonchev–Trinajstić information content (AvgIpc) is 2.98. The number of para-hydroxylation sites is 1. The molecule has 2 aromatic heterocycles. The molecule has 0 bridgehead atoms. The summed E-state index contributed by atoms with van der Waals surface area (Å²) in [6, 6.07) is 9.20. The number of piperidine rings is 1. The summed E-state index contributed by atoms with van der Waals surface area (Å²) in [7, 11) is 2.04. The van der Waals surface area contributed by atoms with Crippen LogP contribution in [-0.2, 0) is 19.8 Å². The summed E-state index contributed by atoms with van der Waals surface area (Å²) in [5.74, 6) is 0.0341. The number of hydrogen-bond donors (Lipinski definition) is 1. The van der Waals surface area contributed by atoms with Crippen molar-refractivity contribution in [1.29, 1.82) is 0 Å². The van der Waals surface area contributed by atoms with E-state index in [4.69, 9.17) is 0 Å². The summed E-state index contributed by atoms with van der Waals surface area (Å²) in [6.45, 7) is 2.51. The Morgan fingerprint density at radius 3 is 2.86 bits per heavy atom. The summed E-state index contributed by atoms with van der Waals surface area (Å²) in [5, 5.41) is 4.32. The molecular formula is C20H22F3N5. The number of hydrogen-bond acceptors (Lipinski definition) is 4. The van der Waals surface area contributed by atoms with Gasteiger partial charge in [0, 0.05) is 49.5 Å². The summed E-state index contributed by atoms with van der Waals surface area (Å²) < 4.78 is 40.7. The number of alkyl halides is 3. The standard InChI is InChI=1S/C20H22F3N5/c1-27-11-14(16-6-2-3-7-17(16)27)12-28-10-4-5-15(13-28)25-19-24-9-8-18(26-19)20(21,22)23/h2-3,6-9,11,15H,4-5,10,12-13H2,1H3,(H,24,25,26). The molecule has 1 aliphatic heterocycles. The molecule has 1 unspecified atom stereocenters. The van der Waals surface area contributed by atoms with Crippen LogP contribution >= 0.6 is 0 Å². The molecular weight excluding hydrogens is 367 g/mol. The molecule has 3 heterocycles. The first-order valence-corrected chi connectivity index (χ1v) is 9.32. The van der Waals surface area contributed by atoms with Crippen molar-refractivity contribution in [3.63, 3.8) is 0 Å². The fourth-order valence-corrected chi connectivity index (χ4v) is 3.88. The van der Waals surface area contributed by atoms with E-state index in [0.29, 0.717) is 0 Å². The highest BCUT2D eigenvalue weighted by molar-refractivity contribution is 5.83. The zero-order chi connectivity index (χ0) is 19.7. The number of anilines is 1. The number of benzene rings is 1. The molecule has 0 radical (unpaired) electrons. The van der Waals surface area contributed by atoms with Crippen LogP contribution in [0.25, 0.3) is 10.9 Å². The maximum atomic E-state index is 12.9. The minimum atomic E-state index is -4.47. The molecule has 148 valence electrons. The topological polar surface area (TPSA) is 46.0 Å². The average molecular weight is 389 g/mol. The van der Waals surface area contributed by atoms with Crippen LogP contribution in [0, 0.1) is 0 Å². The lowest BCUT2D eigenvalue weighted by Gasteiger charge is -2.33. The van der Waals surface area contributed by atoms with Gasteiger partial charge in [-0.1, -0.05) is 18.2 Å². The van der Waals surface area contributed by atoms with E-state index in [2.05, 4.69) is 43.1 Å². The van der Waals surface area contributed by atoms with Gasteiger partial charge in [0.25, 0.3) is 0 Å². The van der Waals surface area contributed by atoms with Crippen molar-refractivity contribution in [2.24, 2.45) is 7.05 Å². The molecule has 4 rings (SSSR count). The molecule has 1 saturated heterocycles. The van der Waals surface area contributed by atoms with Gasteiger partial charge in [-0.3, -0.25) is 4.90 Å². The van der Waals surface area contributed by atoms with Crippen LogP contribution in [0.1, 0.15) is 24.1 Å². The SMILES string of the molecule is Cn1cc(CN2CCCC(Nc3nccc(C(F)(F)F)n3)C2)c2ccccc21. The quantitative estimate of drug-likeness (QED) is 0.731. The number of aryl methyl sites for hydroxylation is 1. The van der Waals surface area contributed by atoms with Gasteiger partial charge in [-0.25, -0.2) is 9.97 Å². The number of nitrogens with zero attached hydrogens (tertiary/aromatic N) is 4. The normalized spacial score (nSPS) is 18.5. The summed E-state index contributed by atoms with van der Waals surface area (Å²) >= 11 is 0. The summed E-state index contributed by atoms with van der Waals surface area (Å²) in [6.07, 6.45) is 0.686. The Kier molecular flexibility index (Phi) is 4.97. The molecule has 1 fully saturated rings. The van der Waals surface area contributed by atoms with E-state index in [1.165, 1.54) is 16.5 Å². The zero-order valence-corrected chi connectivity index (χ0v) is 15.6. The van der Waals surface area contributed by atoms with Gasteiger partial charge in [-0.15, -0.1) is 0 Å². The third kappa shape index (κ3) is 3.96. The van der Waals surface area contributed by atoms with E-state index in [9.17, 15) is 13.2 Å². The Hall–Kier alpha value is -2.61. The van der Waals surface area contributed by atoms with Crippen molar-refractivity contribution in [3.05, 3.63) is 54.0 Å². The first-order chi connectivity index (χ1) is 13.4. The van der Waals surface area contributed by atoms with Gasteiger partial charge in [-0.2, -0.15) is 13.2 Å². The lowest BCUT2D eigenvalue weighted by molar-refractivity contribution is -0.141. The van der Waals surface area contributed by atoms with Crippen molar-refractivity contribution >= 4 is 16.9 Å². The third-order valence-electron chi connectivity index (χ3n) is 5.16. The van der Waals surface area contributed by atoms with Crippen molar-refractivity contribution in [1.82, 2.24) is 19.4 Å². The van der Waals surface area contributed by atoms with E-state index in [1.54, 1.807) is 0 Å². The number of rotatable bonds is 4. The lowest BCUT2D eigenvalue weighted by atomic mass is 10.0. The van der Waals surface area contributed by atoms with Gasteiger partial charge < -0.3 is 9.88 Å². The van der Waals surface area contributed by atoms with Crippen LogP contribution < -0.4 is 5.32 Å². The molecule has 1 aliphatic rings. The predicted octanol–water partition coefficient (Wildman–Crippen LogP) is 4.06. The van der Waals surface area contributed by atoms with Crippen LogP contribution in [-0.4, -0.2) is 38.6 Å². The fourth-order valence-electron chi connectivity index (χ4n) is 3.88. The molecule has 0 spiro atoms. The Morgan fingerprint density at radius 2 is 2.04 bits per heavy atom. The van der Waals surface area contributed by atoms with E-state index >= 15 is 0 Å². The van der Waals surface area contributed by atoms with Crippen LogP contribution in [0.4, 0.5) is 19.1 Å². The third-order valence-corrected chi connectivity index (χ3v) is 5.16. The van der Waals surface area contributed by atoms with Gasteiger partial charge in [0.2, 0.25) is 5.95 Å². The predicted molar refractivity (Wildman–Crippen MR) is 102 cm³/mol. The van der Waals surface area contributed by atoms with E-state index in [-0.39, 0.29) is 12.0 Å². The molecule has 3 aromatic rings. The highest BCUT2D eigenvalue weighted by atomic mass is 19.4. The number of likely N-dealkylation sites (tertiary alicyclic amines) is 1. The smallest absolute Gasteiger partial charge is 0.350 e. The maximum Gasteiger partial charge on any atom is 0.433 e. The fraction of sp³-hybridized carbons (Fsp3) is 0.400. The number of aromatic nitrogens is 3. The molecule has 8 heteroatoms. The van der Waals surface area contributed by atoms with Crippen LogP contribution in [0.15, 0.2) is 42.7 Å². The van der Waals surface area contributed by atoms with E-state index < -0.39 is 11.9 Å². The van der Waals surface area contributed by atoms with Crippen molar-refractivity contribution < 1.29 is 13.2 Å². The Morgan fingerprint density at radius 1 is 1.21 bits per heavy atom. The monoisotopic (exact) mass is 389 g/mol. The number of nitrogens with one attached hydrogen (secondary N) is 1. The van der Waals surface area contributed by atoms with Crippen molar-refractivity contribution in [3.8, 4) is 0 Å². The molecule has 1 N–H and O–H groups in total. The van der Waals surface area contributed by atoms with Gasteiger partial charge in [0.1, 0.15) is 5.69 Å². The van der Waals surface area contributed by atoms with E-state index in [0.717, 1.165) is 44.7 Å². The largest absolute Gasteiger partial charge is 0.433 e. The molecule has 5 nitrogen and oxygen atoms in total. The minimum absolute atomic E-state index is 0.0206. The van der Waals surface area contributed by atoms with E-state index in [1.807, 2.05) is 19.2 Å². The molecule has 1 atom stereocenters. The summed E-state index contributed by atoms with van der Waals surface area (Å²) in [4.78, 5) is 9.91. The highest BCUT2D eigenvalue weighted by Gasteiger charge is 2.33. The first-order valence-electron chi connectivity index (χ1n) is 9.32. The minimum Gasteiger partial charge on any atom is -0.350 e. The molecule has 0 aliphatic carbocycles. The summed E-state index contributed by atoms with van der Waals surface area (Å²) in [5.41, 5.74) is 1.53. The zero-order valence-electron chi connectivity index (χ0n) is 15.6. The van der Waals surface area contributed by atoms with Crippen LogP contribution in [0.2, 0.25) is 0 Å². The maximum absolute atomic E-state index is 12.9. The highest BCUT2D eigenvalue weighted by Crippen LogP contribution is 2.28. The van der Waals surface area contributed by atoms with Gasteiger partial charge in [-0.05, 0) is 37.1 Å². The van der Waals surface area contributed by atoms with Gasteiger partial charge in [0.15, 0.2) is 0 Å². The second-order valence-corrected chi connectivity index (χ2v) is 7.26.